The summed E-state index contributed by atoms with van der Waals surface area (Å²) in [5, 5.41) is 18.5. The number of aromatic nitrogens is 1. The van der Waals surface area contributed by atoms with Gasteiger partial charge in [0.1, 0.15) is 12.6 Å². The summed E-state index contributed by atoms with van der Waals surface area (Å²) in [7, 11) is 0. The van der Waals surface area contributed by atoms with E-state index in [2.05, 4.69) is 0 Å². The van der Waals surface area contributed by atoms with Crippen LogP contribution >= 0.6 is 0 Å². The molecule has 0 saturated heterocycles. The highest BCUT2D eigenvalue weighted by molar-refractivity contribution is 5.66. The van der Waals surface area contributed by atoms with Crippen molar-refractivity contribution in [1.82, 2.24) is 4.57 Å². The Bertz CT molecular complexity index is 927. The number of nitrogens with zero attached hydrogens (tertiary/aromatic N) is 1. The van der Waals surface area contributed by atoms with Crippen LogP contribution in [0.3, 0.4) is 0 Å². The smallest absolute Gasteiger partial charge is 0.323 e. The van der Waals surface area contributed by atoms with E-state index < -0.39 is 24.1 Å². The summed E-state index contributed by atoms with van der Waals surface area (Å²) in [6.45, 7) is -0.822. The third-order valence-corrected chi connectivity index (χ3v) is 4.10. The fourth-order valence-corrected chi connectivity index (χ4v) is 2.82. The van der Waals surface area contributed by atoms with E-state index >= 15 is 0 Å². The topological polar surface area (TPSA) is 88.8 Å². The molecule has 0 saturated carbocycles. The molecule has 138 valence electrons. The van der Waals surface area contributed by atoms with Crippen LogP contribution in [0, 0.1) is 0 Å². The lowest BCUT2D eigenvalue weighted by atomic mass is 10.0. The lowest BCUT2D eigenvalue weighted by Crippen LogP contribution is -2.20. The van der Waals surface area contributed by atoms with Crippen LogP contribution in [0.4, 0.5) is 0 Å². The molecule has 2 aromatic carbocycles. The molecule has 6 nitrogen and oxygen atoms in total. The van der Waals surface area contributed by atoms with Gasteiger partial charge in [0.2, 0.25) is 5.43 Å². The lowest BCUT2D eigenvalue weighted by molar-refractivity contribution is -0.137. The molecule has 0 spiro atoms. The van der Waals surface area contributed by atoms with Crippen LogP contribution in [0.2, 0.25) is 0 Å². The molecular weight excluding hydrogens is 346 g/mol. The molecule has 0 amide bonds. The minimum absolute atomic E-state index is 0.0196. The van der Waals surface area contributed by atoms with Gasteiger partial charge in [-0.05, 0) is 11.1 Å². The largest absolute Gasteiger partial charge is 0.480 e. The molecule has 27 heavy (non-hydrogen) atoms. The van der Waals surface area contributed by atoms with E-state index in [0.29, 0.717) is 0 Å². The zero-order valence-electron chi connectivity index (χ0n) is 14.5. The second-order valence-electron chi connectivity index (χ2n) is 5.99. The fraction of sp³-hybridized carbons (Fsp3) is 0.143. The number of pyridine rings is 1. The highest BCUT2D eigenvalue weighted by Gasteiger charge is 2.18. The van der Waals surface area contributed by atoms with Crippen molar-refractivity contribution in [2.45, 2.75) is 19.3 Å². The predicted molar refractivity (Wildman–Crippen MR) is 99.6 cm³/mol. The molecule has 6 heteroatoms. The van der Waals surface area contributed by atoms with Gasteiger partial charge in [0.25, 0.3) is 0 Å². The molecule has 0 aliphatic heterocycles. The van der Waals surface area contributed by atoms with E-state index in [-0.39, 0.29) is 18.0 Å². The molecule has 1 heterocycles. The van der Waals surface area contributed by atoms with Gasteiger partial charge >= 0.3 is 5.97 Å². The van der Waals surface area contributed by atoms with Gasteiger partial charge in [-0.1, -0.05) is 60.7 Å². The lowest BCUT2D eigenvalue weighted by Gasteiger charge is -2.21. The SMILES string of the molecule is O=C(O)Cn1cc(OC(c2ccccc2)c2ccccc2)c(=O)cc1CO. The van der Waals surface area contributed by atoms with Gasteiger partial charge in [0.15, 0.2) is 5.75 Å². The van der Waals surface area contributed by atoms with Crippen molar-refractivity contribution in [3.8, 4) is 5.75 Å². The number of hydrogen-bond acceptors (Lipinski definition) is 4. The Morgan fingerprint density at radius 2 is 1.56 bits per heavy atom. The Balaban J connectivity index is 2.04. The zero-order valence-corrected chi connectivity index (χ0v) is 14.5. The van der Waals surface area contributed by atoms with Crippen molar-refractivity contribution in [3.63, 3.8) is 0 Å². The average molecular weight is 365 g/mol. The summed E-state index contributed by atoms with van der Waals surface area (Å²) in [5.74, 6) is -1.06. The van der Waals surface area contributed by atoms with Crippen LogP contribution in [0.5, 0.6) is 5.75 Å². The van der Waals surface area contributed by atoms with Gasteiger partial charge in [-0.2, -0.15) is 0 Å². The Morgan fingerprint density at radius 3 is 2.04 bits per heavy atom. The van der Waals surface area contributed by atoms with Gasteiger partial charge in [-0.25, -0.2) is 0 Å². The third-order valence-electron chi connectivity index (χ3n) is 4.10. The van der Waals surface area contributed by atoms with Crippen molar-refractivity contribution in [3.05, 3.63) is 100.0 Å². The highest BCUT2D eigenvalue weighted by Crippen LogP contribution is 2.27. The Labute approximate surface area is 155 Å². The highest BCUT2D eigenvalue weighted by atomic mass is 16.5. The molecule has 3 aromatic rings. The number of aliphatic hydroxyl groups excluding tert-OH is 1. The molecular formula is C21H19NO5. The summed E-state index contributed by atoms with van der Waals surface area (Å²) in [6, 6.07) is 20.1. The Hall–Kier alpha value is -3.38. The maximum atomic E-state index is 12.4. The van der Waals surface area contributed by atoms with Crippen LogP contribution in [-0.2, 0) is 17.9 Å². The first kappa shape index (κ1) is 18.4. The normalized spacial score (nSPS) is 10.7. The molecule has 0 fully saturated rings. The molecule has 0 aliphatic carbocycles. The molecule has 0 aliphatic rings. The maximum Gasteiger partial charge on any atom is 0.323 e. The number of benzene rings is 2. The van der Waals surface area contributed by atoms with E-state index in [0.717, 1.165) is 11.1 Å². The molecule has 0 radical (unpaired) electrons. The van der Waals surface area contributed by atoms with Crippen LogP contribution in [0.25, 0.3) is 0 Å². The van der Waals surface area contributed by atoms with Gasteiger partial charge < -0.3 is 19.5 Å². The molecule has 0 atom stereocenters. The summed E-state index contributed by atoms with van der Waals surface area (Å²) in [5.41, 5.74) is 1.52. The van der Waals surface area contributed by atoms with E-state index in [1.165, 1.54) is 16.8 Å². The van der Waals surface area contributed by atoms with Crippen LogP contribution < -0.4 is 10.2 Å². The number of rotatable bonds is 7. The van der Waals surface area contributed by atoms with Crippen molar-refractivity contribution in [2.75, 3.05) is 0 Å². The minimum Gasteiger partial charge on any atom is -0.480 e. The van der Waals surface area contributed by atoms with E-state index in [9.17, 15) is 14.7 Å². The second-order valence-corrected chi connectivity index (χ2v) is 5.99. The summed E-state index contributed by atoms with van der Waals surface area (Å²) < 4.78 is 7.33. The minimum atomic E-state index is -1.08. The van der Waals surface area contributed by atoms with Crippen LogP contribution in [0.1, 0.15) is 22.9 Å². The quantitative estimate of drug-likeness (QED) is 0.672. The number of carbonyl (C=O) groups is 1. The fourth-order valence-electron chi connectivity index (χ4n) is 2.82. The summed E-state index contributed by atoms with van der Waals surface area (Å²) in [6.07, 6.45) is 0.805. The predicted octanol–water partition coefficient (Wildman–Crippen LogP) is 2.59. The number of carboxylic acids is 1. The molecule has 3 rings (SSSR count). The number of hydrogen-bond donors (Lipinski definition) is 2. The Kier molecular flexibility index (Phi) is 5.68. The number of ether oxygens (including phenoxy) is 1. The first-order valence-corrected chi connectivity index (χ1v) is 8.41. The average Bonchev–Trinajstić information content (AvgIpc) is 2.69. The van der Waals surface area contributed by atoms with E-state index in [1.54, 1.807) is 0 Å². The zero-order chi connectivity index (χ0) is 19.2. The van der Waals surface area contributed by atoms with Crippen LogP contribution in [0.15, 0.2) is 77.7 Å². The second kappa shape index (κ2) is 8.33. The number of aliphatic carboxylic acids is 1. The van der Waals surface area contributed by atoms with Crippen molar-refractivity contribution in [1.29, 1.82) is 0 Å². The third kappa shape index (κ3) is 4.43. The number of aliphatic hydroxyl groups is 1. The summed E-state index contributed by atoms with van der Waals surface area (Å²) in [4.78, 5) is 23.5. The molecule has 0 unspecified atom stereocenters. The number of carboxylic acid groups (broad SMARTS) is 1. The molecule has 2 N–H and O–H groups in total. The maximum absolute atomic E-state index is 12.4. The van der Waals surface area contributed by atoms with Crippen LogP contribution in [-0.4, -0.2) is 20.7 Å². The first-order valence-electron chi connectivity index (χ1n) is 8.41. The van der Waals surface area contributed by atoms with Gasteiger partial charge in [-0.15, -0.1) is 0 Å². The first-order chi connectivity index (χ1) is 13.1. The standard InChI is InChI=1S/C21H19NO5/c23-14-17-11-18(24)19(12-22(17)13-20(25)26)27-21(15-7-3-1-4-8-15)16-9-5-2-6-10-16/h1-12,21,23H,13-14H2,(H,25,26). The van der Waals surface area contributed by atoms with E-state index in [4.69, 9.17) is 9.84 Å². The monoisotopic (exact) mass is 365 g/mol. The molecule has 1 aromatic heterocycles. The van der Waals surface area contributed by atoms with Gasteiger partial charge in [0, 0.05) is 11.8 Å². The van der Waals surface area contributed by atoms with E-state index in [1.807, 2.05) is 60.7 Å². The van der Waals surface area contributed by atoms with Crippen molar-refractivity contribution < 1.29 is 19.7 Å². The van der Waals surface area contributed by atoms with Crippen molar-refractivity contribution >= 4 is 5.97 Å². The van der Waals surface area contributed by atoms with Crippen molar-refractivity contribution in [2.24, 2.45) is 0 Å². The molecule has 0 bridgehead atoms. The van der Waals surface area contributed by atoms with Gasteiger partial charge in [0.05, 0.1) is 12.8 Å². The van der Waals surface area contributed by atoms with Gasteiger partial charge in [-0.3, -0.25) is 9.59 Å². The summed E-state index contributed by atoms with van der Waals surface area (Å²) >= 11 is 0. The Morgan fingerprint density at radius 1 is 1.00 bits per heavy atom.